The molecule has 0 aliphatic carbocycles. The number of ether oxygens (including phenoxy) is 1. The highest BCUT2D eigenvalue weighted by Gasteiger charge is 2.19. The fourth-order valence-electron chi connectivity index (χ4n) is 1.17. The zero-order valence-electron chi connectivity index (χ0n) is 8.48. The first-order chi connectivity index (χ1) is 7.24. The maximum absolute atomic E-state index is 5.41. The van der Waals surface area contributed by atoms with Gasteiger partial charge in [0.2, 0.25) is 5.89 Å². The van der Waals surface area contributed by atoms with Gasteiger partial charge < -0.3 is 19.3 Å². The number of oxazole rings is 2. The van der Waals surface area contributed by atoms with E-state index >= 15 is 0 Å². The van der Waals surface area contributed by atoms with Crippen LogP contribution in [0, 0.1) is 6.92 Å². The maximum Gasteiger partial charge on any atom is 0.268 e. The molecule has 0 radical (unpaired) electrons. The van der Waals surface area contributed by atoms with E-state index < -0.39 is 0 Å². The average molecular weight is 209 g/mol. The molecular formula is C9H11N3O3. The second-order valence-corrected chi connectivity index (χ2v) is 2.93. The highest BCUT2D eigenvalue weighted by Crippen LogP contribution is 2.29. The number of aromatic nitrogens is 2. The minimum Gasteiger partial charge on any atom is -0.478 e. The Morgan fingerprint density at radius 2 is 2.27 bits per heavy atom. The second kappa shape index (κ2) is 3.74. The summed E-state index contributed by atoms with van der Waals surface area (Å²) in [5.41, 5.74) is 5.41. The molecule has 0 bridgehead atoms. The van der Waals surface area contributed by atoms with Gasteiger partial charge in [-0.05, 0) is 6.92 Å². The number of methoxy groups -OCH3 is 1. The maximum atomic E-state index is 5.41. The van der Waals surface area contributed by atoms with E-state index in [2.05, 4.69) is 9.97 Å². The highest BCUT2D eigenvalue weighted by molar-refractivity contribution is 5.52. The Hall–Kier alpha value is -1.82. The van der Waals surface area contributed by atoms with Crippen molar-refractivity contribution >= 4 is 0 Å². The SMILES string of the molecule is COc1nc(CN)oc1-c1ncc(C)o1. The lowest BCUT2D eigenvalue weighted by atomic mass is 10.5. The molecule has 2 aromatic heterocycles. The lowest BCUT2D eigenvalue weighted by molar-refractivity contribution is 0.394. The van der Waals surface area contributed by atoms with Gasteiger partial charge in [-0.1, -0.05) is 0 Å². The average Bonchev–Trinajstić information content (AvgIpc) is 2.82. The summed E-state index contributed by atoms with van der Waals surface area (Å²) in [6.45, 7) is 2.00. The molecule has 0 saturated heterocycles. The van der Waals surface area contributed by atoms with Gasteiger partial charge in [-0.2, -0.15) is 4.98 Å². The predicted molar refractivity (Wildman–Crippen MR) is 51.2 cm³/mol. The largest absolute Gasteiger partial charge is 0.478 e. The van der Waals surface area contributed by atoms with Crippen molar-refractivity contribution in [3.8, 4) is 17.5 Å². The van der Waals surface area contributed by atoms with Gasteiger partial charge in [-0.15, -0.1) is 0 Å². The Bertz CT molecular complexity index is 461. The molecule has 2 rings (SSSR count). The summed E-state index contributed by atoms with van der Waals surface area (Å²) in [6, 6.07) is 0. The van der Waals surface area contributed by atoms with E-state index in [1.54, 1.807) is 13.1 Å². The number of nitrogens with zero attached hydrogens (tertiary/aromatic N) is 2. The Labute approximate surface area is 86.1 Å². The van der Waals surface area contributed by atoms with Gasteiger partial charge in [0.25, 0.3) is 17.5 Å². The third-order valence-corrected chi connectivity index (χ3v) is 1.82. The minimum atomic E-state index is 0.204. The monoisotopic (exact) mass is 209 g/mol. The fraction of sp³-hybridized carbons (Fsp3) is 0.333. The van der Waals surface area contributed by atoms with Gasteiger partial charge in [0, 0.05) is 0 Å². The van der Waals surface area contributed by atoms with Crippen LogP contribution in [0.15, 0.2) is 15.0 Å². The van der Waals surface area contributed by atoms with Gasteiger partial charge >= 0.3 is 0 Å². The molecule has 0 fully saturated rings. The summed E-state index contributed by atoms with van der Waals surface area (Å²) in [4.78, 5) is 8.04. The van der Waals surface area contributed by atoms with Crippen LogP contribution in [-0.2, 0) is 6.54 Å². The molecule has 15 heavy (non-hydrogen) atoms. The minimum absolute atomic E-state index is 0.204. The van der Waals surface area contributed by atoms with Gasteiger partial charge in [-0.3, -0.25) is 0 Å². The molecule has 0 amide bonds. The Kier molecular flexibility index (Phi) is 2.42. The van der Waals surface area contributed by atoms with Gasteiger partial charge in [0.1, 0.15) is 5.76 Å². The van der Waals surface area contributed by atoms with Crippen molar-refractivity contribution in [2.75, 3.05) is 7.11 Å². The van der Waals surface area contributed by atoms with Crippen LogP contribution < -0.4 is 10.5 Å². The number of rotatable bonds is 3. The molecule has 2 heterocycles. The Balaban J connectivity index is 2.46. The number of aryl methyl sites for hydroxylation is 1. The lowest BCUT2D eigenvalue weighted by Crippen LogP contribution is -1.95. The summed E-state index contributed by atoms with van der Waals surface area (Å²) >= 11 is 0. The standard InChI is InChI=1S/C9H11N3O3/c1-5-4-11-8(14-5)7-9(13-2)12-6(3-10)15-7/h4H,3,10H2,1-2H3. The molecule has 0 spiro atoms. The molecular weight excluding hydrogens is 198 g/mol. The van der Waals surface area contributed by atoms with Crippen LogP contribution in [0.1, 0.15) is 11.7 Å². The number of hydrogen-bond donors (Lipinski definition) is 1. The van der Waals surface area contributed by atoms with Crippen LogP contribution in [0.4, 0.5) is 0 Å². The van der Waals surface area contributed by atoms with Crippen LogP contribution in [0.25, 0.3) is 11.7 Å². The first-order valence-corrected chi connectivity index (χ1v) is 4.41. The zero-order chi connectivity index (χ0) is 10.8. The molecule has 0 aliphatic heterocycles. The Morgan fingerprint density at radius 3 is 2.80 bits per heavy atom. The summed E-state index contributed by atoms with van der Waals surface area (Å²) in [7, 11) is 1.50. The van der Waals surface area contributed by atoms with Crippen LogP contribution in [0.3, 0.4) is 0 Å². The summed E-state index contributed by atoms with van der Waals surface area (Å²) < 4.78 is 15.7. The molecule has 2 aromatic rings. The van der Waals surface area contributed by atoms with Crippen molar-refractivity contribution in [1.82, 2.24) is 9.97 Å². The molecule has 6 heteroatoms. The molecule has 6 nitrogen and oxygen atoms in total. The summed E-state index contributed by atoms with van der Waals surface area (Å²) in [5, 5.41) is 0. The van der Waals surface area contributed by atoms with Crippen molar-refractivity contribution in [3.05, 3.63) is 17.8 Å². The molecule has 0 atom stereocenters. The third-order valence-electron chi connectivity index (χ3n) is 1.82. The quantitative estimate of drug-likeness (QED) is 0.814. The lowest BCUT2D eigenvalue weighted by Gasteiger charge is -1.93. The topological polar surface area (TPSA) is 87.3 Å². The van der Waals surface area contributed by atoms with Crippen LogP contribution >= 0.6 is 0 Å². The predicted octanol–water partition coefficient (Wildman–Crippen LogP) is 1.11. The normalized spacial score (nSPS) is 10.6. The van der Waals surface area contributed by atoms with Crippen molar-refractivity contribution in [2.24, 2.45) is 5.73 Å². The van der Waals surface area contributed by atoms with Crippen molar-refractivity contribution in [2.45, 2.75) is 13.5 Å². The second-order valence-electron chi connectivity index (χ2n) is 2.93. The molecule has 0 unspecified atom stereocenters. The molecule has 2 N–H and O–H groups in total. The van der Waals surface area contributed by atoms with Gasteiger partial charge in [-0.25, -0.2) is 4.98 Å². The van der Waals surface area contributed by atoms with Crippen molar-refractivity contribution in [1.29, 1.82) is 0 Å². The number of hydrogen-bond acceptors (Lipinski definition) is 6. The molecule has 0 aromatic carbocycles. The van der Waals surface area contributed by atoms with E-state index in [9.17, 15) is 0 Å². The number of nitrogens with two attached hydrogens (primary N) is 1. The van der Waals surface area contributed by atoms with E-state index in [1.807, 2.05) is 0 Å². The van der Waals surface area contributed by atoms with Crippen molar-refractivity contribution in [3.63, 3.8) is 0 Å². The molecule has 80 valence electrons. The third kappa shape index (κ3) is 1.71. The van der Waals surface area contributed by atoms with Crippen LogP contribution in [0.2, 0.25) is 0 Å². The van der Waals surface area contributed by atoms with E-state index in [0.717, 1.165) is 0 Å². The molecule has 0 saturated carbocycles. The van der Waals surface area contributed by atoms with E-state index in [4.69, 9.17) is 19.3 Å². The van der Waals surface area contributed by atoms with E-state index in [1.165, 1.54) is 7.11 Å². The van der Waals surface area contributed by atoms with Gasteiger partial charge in [0.05, 0.1) is 19.9 Å². The van der Waals surface area contributed by atoms with Gasteiger partial charge in [0.15, 0.2) is 0 Å². The Morgan fingerprint density at radius 1 is 1.47 bits per heavy atom. The zero-order valence-corrected chi connectivity index (χ0v) is 8.48. The van der Waals surface area contributed by atoms with E-state index in [-0.39, 0.29) is 6.54 Å². The van der Waals surface area contributed by atoms with E-state index in [0.29, 0.717) is 29.2 Å². The first-order valence-electron chi connectivity index (χ1n) is 4.41. The highest BCUT2D eigenvalue weighted by atomic mass is 16.5. The van der Waals surface area contributed by atoms with Crippen LogP contribution in [0.5, 0.6) is 5.88 Å². The summed E-state index contributed by atoms with van der Waals surface area (Å²) in [6.07, 6.45) is 1.60. The first kappa shape index (κ1) is 9.72. The smallest absolute Gasteiger partial charge is 0.268 e. The van der Waals surface area contributed by atoms with Crippen molar-refractivity contribution < 1.29 is 13.6 Å². The summed E-state index contributed by atoms with van der Waals surface area (Å²) in [5.74, 6) is 2.12. The molecule has 0 aliphatic rings. The van der Waals surface area contributed by atoms with Crippen LogP contribution in [-0.4, -0.2) is 17.1 Å². The fourth-order valence-corrected chi connectivity index (χ4v) is 1.17.